The molecule has 0 saturated carbocycles. The van der Waals surface area contributed by atoms with Gasteiger partial charge in [-0.15, -0.1) is 0 Å². The Morgan fingerprint density at radius 2 is 1.72 bits per heavy atom. The number of para-hydroxylation sites is 1. The van der Waals surface area contributed by atoms with Crippen LogP contribution in [0.4, 0.5) is 0 Å². The second-order valence-corrected chi connectivity index (χ2v) is 8.74. The van der Waals surface area contributed by atoms with Gasteiger partial charge in [-0.05, 0) is 44.7 Å². The van der Waals surface area contributed by atoms with Gasteiger partial charge >= 0.3 is 5.97 Å². The first-order valence-electron chi connectivity index (χ1n) is 11.1. The monoisotopic (exact) mass is 431 g/mol. The van der Waals surface area contributed by atoms with Crippen molar-refractivity contribution < 1.29 is 19.1 Å². The van der Waals surface area contributed by atoms with Gasteiger partial charge in [-0.1, -0.05) is 48.5 Å². The number of carbonyl (C=O) groups is 2. The molecule has 2 aromatic rings. The van der Waals surface area contributed by atoms with Gasteiger partial charge in [0.05, 0.1) is 13.2 Å². The third kappa shape index (κ3) is 4.12. The van der Waals surface area contributed by atoms with Crippen LogP contribution in [-0.4, -0.2) is 30.7 Å². The van der Waals surface area contributed by atoms with Crippen LogP contribution in [-0.2, 0) is 14.3 Å². The molecule has 0 amide bonds. The Bertz CT molecular complexity index is 1080. The first-order valence-corrected chi connectivity index (χ1v) is 11.1. The van der Waals surface area contributed by atoms with Crippen molar-refractivity contribution in [3.05, 3.63) is 77.0 Å². The molecule has 32 heavy (non-hydrogen) atoms. The molecule has 0 bridgehead atoms. The zero-order chi connectivity index (χ0) is 22.8. The van der Waals surface area contributed by atoms with E-state index in [1.165, 1.54) is 7.11 Å². The Morgan fingerprint density at radius 3 is 2.41 bits per heavy atom. The third-order valence-electron chi connectivity index (χ3n) is 6.23. The number of aliphatic imine (C=N–C) groups is 1. The molecule has 4 rings (SSSR count). The number of nitrogens with zero attached hydrogens (tertiary/aromatic N) is 1. The first-order chi connectivity index (χ1) is 15.4. The lowest BCUT2D eigenvalue weighted by Gasteiger charge is -2.37. The van der Waals surface area contributed by atoms with E-state index < -0.39 is 11.8 Å². The number of methoxy groups -OCH3 is 1. The highest BCUT2D eigenvalue weighted by atomic mass is 16.5. The van der Waals surface area contributed by atoms with Crippen LogP contribution >= 0.6 is 0 Å². The molecular weight excluding hydrogens is 402 g/mol. The molecule has 2 aromatic carbocycles. The number of rotatable bonds is 5. The van der Waals surface area contributed by atoms with Crippen LogP contribution in [0.15, 0.2) is 70.9 Å². The fourth-order valence-electron chi connectivity index (χ4n) is 4.89. The van der Waals surface area contributed by atoms with Crippen molar-refractivity contribution in [3.8, 4) is 5.75 Å². The third-order valence-corrected chi connectivity index (χ3v) is 6.23. The Balaban J connectivity index is 1.85. The first kappa shape index (κ1) is 22.0. The van der Waals surface area contributed by atoms with Crippen molar-refractivity contribution in [1.82, 2.24) is 0 Å². The van der Waals surface area contributed by atoms with Crippen molar-refractivity contribution in [2.45, 2.75) is 51.6 Å². The second kappa shape index (κ2) is 9.11. The van der Waals surface area contributed by atoms with Crippen molar-refractivity contribution >= 4 is 17.5 Å². The molecule has 1 aliphatic heterocycles. The van der Waals surface area contributed by atoms with E-state index in [0.29, 0.717) is 29.9 Å². The van der Waals surface area contributed by atoms with Gasteiger partial charge in [0.2, 0.25) is 0 Å². The van der Waals surface area contributed by atoms with E-state index in [1.54, 1.807) is 0 Å². The fourth-order valence-corrected chi connectivity index (χ4v) is 4.89. The quantitative estimate of drug-likeness (QED) is 0.609. The molecule has 1 heterocycles. The summed E-state index contributed by atoms with van der Waals surface area (Å²) in [7, 11) is 1.38. The van der Waals surface area contributed by atoms with Crippen molar-refractivity contribution in [1.29, 1.82) is 0 Å². The molecule has 0 spiro atoms. The van der Waals surface area contributed by atoms with Crippen LogP contribution in [0.3, 0.4) is 0 Å². The molecule has 1 unspecified atom stereocenters. The van der Waals surface area contributed by atoms with E-state index in [4.69, 9.17) is 14.5 Å². The van der Waals surface area contributed by atoms with Crippen LogP contribution in [0.5, 0.6) is 5.75 Å². The molecule has 1 aliphatic carbocycles. The lowest BCUT2D eigenvalue weighted by Crippen LogP contribution is -2.38. The molecule has 0 saturated heterocycles. The summed E-state index contributed by atoms with van der Waals surface area (Å²) in [5.74, 6) is -0.728. The molecule has 3 atom stereocenters. The minimum Gasteiger partial charge on any atom is -0.491 e. The van der Waals surface area contributed by atoms with Crippen LogP contribution in [0.1, 0.15) is 56.6 Å². The van der Waals surface area contributed by atoms with Gasteiger partial charge < -0.3 is 9.47 Å². The van der Waals surface area contributed by atoms with Crippen LogP contribution in [0, 0.1) is 5.92 Å². The summed E-state index contributed by atoms with van der Waals surface area (Å²) in [6, 6.07) is 17.7. The van der Waals surface area contributed by atoms with Gasteiger partial charge in [0.15, 0.2) is 5.78 Å². The largest absolute Gasteiger partial charge is 0.491 e. The van der Waals surface area contributed by atoms with Gasteiger partial charge in [-0.2, -0.15) is 0 Å². The zero-order valence-electron chi connectivity index (χ0n) is 19.0. The number of esters is 1. The average molecular weight is 432 g/mol. The van der Waals surface area contributed by atoms with E-state index in [1.807, 2.05) is 63.2 Å². The number of hydrogen-bond donors (Lipinski definition) is 0. The summed E-state index contributed by atoms with van der Waals surface area (Å²) in [6.45, 7) is 5.77. The summed E-state index contributed by atoms with van der Waals surface area (Å²) in [5, 5.41) is 0. The standard InChI is InChI=1S/C27H29NO4/c1-16(2)32-23-13-9-8-12-20(23)25-24(27(30)31-4)17(3)28-21-14-19(15-22(29)26(21)25)18-10-6-5-7-11-18/h5-13,16,19,24-25H,14-15H2,1-4H3/t19-,24?,25-/m1/s1. The Hall–Kier alpha value is -3.21. The maximum Gasteiger partial charge on any atom is 0.315 e. The predicted octanol–water partition coefficient (Wildman–Crippen LogP) is 5.22. The lowest BCUT2D eigenvalue weighted by molar-refractivity contribution is -0.143. The molecule has 0 radical (unpaired) electrons. The molecule has 5 heteroatoms. The van der Waals surface area contributed by atoms with E-state index in [0.717, 1.165) is 16.8 Å². The molecule has 0 fully saturated rings. The maximum absolute atomic E-state index is 13.6. The number of allylic oxidation sites excluding steroid dienone is 2. The minimum atomic E-state index is -0.659. The molecule has 2 aliphatic rings. The van der Waals surface area contributed by atoms with E-state index >= 15 is 0 Å². The van der Waals surface area contributed by atoms with Gasteiger partial charge in [0, 0.05) is 34.9 Å². The molecule has 5 nitrogen and oxygen atoms in total. The van der Waals surface area contributed by atoms with E-state index in [9.17, 15) is 9.59 Å². The summed E-state index contributed by atoms with van der Waals surface area (Å²) < 4.78 is 11.2. The highest BCUT2D eigenvalue weighted by molar-refractivity contribution is 6.09. The number of carbonyl (C=O) groups excluding carboxylic acids is 2. The molecule has 166 valence electrons. The molecule has 0 aromatic heterocycles. The van der Waals surface area contributed by atoms with Gasteiger partial charge in [-0.25, -0.2) is 0 Å². The lowest BCUT2D eigenvalue weighted by atomic mass is 9.69. The highest BCUT2D eigenvalue weighted by Gasteiger charge is 2.45. The van der Waals surface area contributed by atoms with Crippen molar-refractivity contribution in [2.75, 3.05) is 7.11 Å². The predicted molar refractivity (Wildman–Crippen MR) is 124 cm³/mol. The van der Waals surface area contributed by atoms with Crippen molar-refractivity contribution in [2.24, 2.45) is 10.9 Å². The minimum absolute atomic E-state index is 0.0367. The average Bonchev–Trinajstić information content (AvgIpc) is 2.78. The number of hydrogen-bond acceptors (Lipinski definition) is 5. The normalized spacial score (nSPS) is 23.0. The topological polar surface area (TPSA) is 65.0 Å². The molecular formula is C27H29NO4. The van der Waals surface area contributed by atoms with E-state index in [-0.39, 0.29) is 23.8 Å². The Kier molecular flexibility index (Phi) is 6.26. The smallest absolute Gasteiger partial charge is 0.315 e. The molecule has 0 N–H and O–H groups in total. The van der Waals surface area contributed by atoms with Gasteiger partial charge in [-0.3, -0.25) is 14.6 Å². The number of ether oxygens (including phenoxy) is 2. The zero-order valence-corrected chi connectivity index (χ0v) is 19.0. The number of Topliss-reactive ketones (excluding diaryl/α,β-unsaturated/α-hetero) is 1. The van der Waals surface area contributed by atoms with Crippen LogP contribution < -0.4 is 4.74 Å². The van der Waals surface area contributed by atoms with Gasteiger partial charge in [0.25, 0.3) is 0 Å². The number of ketones is 1. The number of benzene rings is 2. The Labute approximate surface area is 189 Å². The Morgan fingerprint density at radius 1 is 1.03 bits per heavy atom. The summed E-state index contributed by atoms with van der Waals surface area (Å²) in [4.78, 5) is 31.2. The van der Waals surface area contributed by atoms with Crippen LogP contribution in [0.25, 0.3) is 0 Å². The summed E-state index contributed by atoms with van der Waals surface area (Å²) in [6.07, 6.45) is 1.03. The van der Waals surface area contributed by atoms with Crippen molar-refractivity contribution in [3.63, 3.8) is 0 Å². The van der Waals surface area contributed by atoms with E-state index in [2.05, 4.69) is 12.1 Å². The SMILES string of the molecule is COC(=O)C1C(C)=NC2=C(C(=O)C[C@H](c3ccccc3)C2)[C@@H]1c1ccccc1OC(C)C. The maximum atomic E-state index is 13.6. The van der Waals surface area contributed by atoms with Crippen LogP contribution in [0.2, 0.25) is 0 Å². The summed E-state index contributed by atoms with van der Waals surface area (Å²) in [5.41, 5.74) is 4.02. The second-order valence-electron chi connectivity index (χ2n) is 8.74. The fraction of sp³-hybridized carbons (Fsp3) is 0.370. The highest BCUT2D eigenvalue weighted by Crippen LogP contribution is 2.48. The summed E-state index contributed by atoms with van der Waals surface area (Å²) >= 11 is 0. The van der Waals surface area contributed by atoms with Gasteiger partial charge in [0.1, 0.15) is 11.7 Å².